The Morgan fingerprint density at radius 2 is 1.83 bits per heavy atom. The van der Waals surface area contributed by atoms with Gasteiger partial charge in [-0.25, -0.2) is 0 Å². The molecule has 0 saturated carbocycles. The van der Waals surface area contributed by atoms with Gasteiger partial charge in [0.15, 0.2) is 12.4 Å². The number of alkyl halides is 3. The number of Topliss-reactive ketones (excluding diaryl/α,β-unsaturated/α-hetero) is 1. The van der Waals surface area contributed by atoms with Crippen molar-refractivity contribution >= 4 is 23.4 Å². The Hall–Kier alpha value is -3.20. The molecule has 0 unspecified atom stereocenters. The van der Waals surface area contributed by atoms with Crippen LogP contribution in [0.1, 0.15) is 28.2 Å². The van der Waals surface area contributed by atoms with Gasteiger partial charge in [-0.2, -0.15) is 18.2 Å². The van der Waals surface area contributed by atoms with E-state index in [-0.39, 0.29) is 24.3 Å². The van der Waals surface area contributed by atoms with Crippen molar-refractivity contribution in [2.24, 2.45) is 0 Å². The van der Waals surface area contributed by atoms with Gasteiger partial charge in [-0.05, 0) is 36.4 Å². The van der Waals surface area contributed by atoms with Crippen LogP contribution >= 0.6 is 11.6 Å². The predicted molar refractivity (Wildman–Crippen MR) is 99.8 cm³/mol. The Kier molecular flexibility index (Phi) is 6.51. The van der Waals surface area contributed by atoms with Crippen molar-refractivity contribution in [1.29, 1.82) is 0 Å². The number of hydrogen-bond acceptors (Lipinski definition) is 6. The Morgan fingerprint density at radius 1 is 1.10 bits per heavy atom. The van der Waals surface area contributed by atoms with Crippen molar-refractivity contribution in [3.05, 3.63) is 70.6 Å². The zero-order valence-electron chi connectivity index (χ0n) is 15.3. The average molecular weight is 439 g/mol. The largest absolute Gasteiger partial charge is 0.457 e. The van der Waals surface area contributed by atoms with Crippen LogP contribution in [-0.4, -0.2) is 28.5 Å². The maximum atomic E-state index is 12.7. The van der Waals surface area contributed by atoms with Gasteiger partial charge in [0.2, 0.25) is 11.7 Å². The summed E-state index contributed by atoms with van der Waals surface area (Å²) < 4.78 is 48.0. The Morgan fingerprint density at radius 3 is 2.53 bits per heavy atom. The number of ether oxygens (including phenoxy) is 1. The van der Waals surface area contributed by atoms with Crippen LogP contribution in [0.25, 0.3) is 11.4 Å². The molecule has 30 heavy (non-hydrogen) atoms. The number of carbonyl (C=O) groups excluding carboxylic acids is 2. The molecule has 0 aliphatic heterocycles. The van der Waals surface area contributed by atoms with Crippen LogP contribution in [0.2, 0.25) is 5.02 Å². The minimum absolute atomic E-state index is 0.0805. The van der Waals surface area contributed by atoms with E-state index in [4.69, 9.17) is 20.9 Å². The van der Waals surface area contributed by atoms with E-state index in [1.807, 2.05) is 0 Å². The number of aromatic nitrogens is 2. The monoisotopic (exact) mass is 438 g/mol. The first kappa shape index (κ1) is 21.5. The lowest BCUT2D eigenvalue weighted by Crippen LogP contribution is -2.15. The van der Waals surface area contributed by atoms with Crippen molar-refractivity contribution in [3.63, 3.8) is 0 Å². The molecule has 156 valence electrons. The molecular formula is C20H14ClF3N2O4. The molecule has 0 saturated heterocycles. The highest BCUT2D eigenvalue weighted by Gasteiger charge is 2.30. The highest BCUT2D eigenvalue weighted by molar-refractivity contribution is 6.30. The summed E-state index contributed by atoms with van der Waals surface area (Å²) in [5.41, 5.74) is -0.460. The second-order valence-electron chi connectivity index (χ2n) is 6.18. The van der Waals surface area contributed by atoms with E-state index in [2.05, 4.69) is 10.1 Å². The summed E-state index contributed by atoms with van der Waals surface area (Å²) >= 11 is 5.82. The topological polar surface area (TPSA) is 82.3 Å². The number of esters is 1. The Balaban J connectivity index is 1.50. The van der Waals surface area contributed by atoms with Gasteiger partial charge in [0.05, 0.1) is 12.0 Å². The van der Waals surface area contributed by atoms with Crippen LogP contribution in [0.3, 0.4) is 0 Å². The lowest BCUT2D eigenvalue weighted by molar-refractivity contribution is -0.142. The van der Waals surface area contributed by atoms with Gasteiger partial charge >= 0.3 is 12.1 Å². The average Bonchev–Trinajstić information content (AvgIpc) is 3.19. The van der Waals surface area contributed by atoms with E-state index in [0.717, 1.165) is 12.1 Å². The van der Waals surface area contributed by atoms with E-state index in [9.17, 15) is 22.8 Å². The van der Waals surface area contributed by atoms with Crippen LogP contribution in [-0.2, 0) is 22.1 Å². The minimum atomic E-state index is -4.57. The molecule has 0 N–H and O–H groups in total. The number of benzene rings is 2. The van der Waals surface area contributed by atoms with Gasteiger partial charge in [0, 0.05) is 22.6 Å². The molecule has 0 spiro atoms. The molecule has 0 aliphatic rings. The van der Waals surface area contributed by atoms with Crippen molar-refractivity contribution in [3.8, 4) is 11.4 Å². The summed E-state index contributed by atoms with van der Waals surface area (Å²) in [6.45, 7) is -0.667. The molecule has 0 aliphatic carbocycles. The van der Waals surface area contributed by atoms with E-state index in [1.165, 1.54) is 6.07 Å². The van der Waals surface area contributed by atoms with Crippen LogP contribution in [0.4, 0.5) is 13.2 Å². The van der Waals surface area contributed by atoms with Gasteiger partial charge in [-0.1, -0.05) is 28.9 Å². The molecule has 1 aromatic heterocycles. The van der Waals surface area contributed by atoms with E-state index in [1.54, 1.807) is 24.3 Å². The van der Waals surface area contributed by atoms with Gasteiger partial charge in [-0.3, -0.25) is 9.59 Å². The molecule has 0 radical (unpaired) electrons. The number of aryl methyl sites for hydroxylation is 1. The van der Waals surface area contributed by atoms with E-state index >= 15 is 0 Å². The lowest BCUT2D eigenvalue weighted by atomic mass is 10.1. The Bertz CT molecular complexity index is 1050. The smallest absolute Gasteiger partial charge is 0.416 e. The maximum Gasteiger partial charge on any atom is 0.416 e. The third-order valence-electron chi connectivity index (χ3n) is 3.99. The number of nitrogens with zero attached hydrogens (tertiary/aromatic N) is 2. The third kappa shape index (κ3) is 5.66. The van der Waals surface area contributed by atoms with Crippen molar-refractivity contribution in [2.75, 3.05) is 6.61 Å². The van der Waals surface area contributed by atoms with Crippen LogP contribution in [0, 0.1) is 0 Å². The van der Waals surface area contributed by atoms with Gasteiger partial charge in [0.1, 0.15) is 0 Å². The summed E-state index contributed by atoms with van der Waals surface area (Å²) in [6.07, 6.45) is -4.63. The van der Waals surface area contributed by atoms with Crippen molar-refractivity contribution in [1.82, 2.24) is 10.1 Å². The first-order valence-electron chi connectivity index (χ1n) is 8.67. The fourth-order valence-corrected chi connectivity index (χ4v) is 2.58. The zero-order valence-corrected chi connectivity index (χ0v) is 16.0. The molecule has 6 nitrogen and oxygen atoms in total. The second kappa shape index (κ2) is 9.08. The molecule has 0 fully saturated rings. The lowest BCUT2D eigenvalue weighted by Gasteiger charge is -2.08. The highest BCUT2D eigenvalue weighted by atomic mass is 35.5. The molecule has 0 atom stereocenters. The number of carbonyl (C=O) groups is 2. The maximum absolute atomic E-state index is 12.7. The highest BCUT2D eigenvalue weighted by Crippen LogP contribution is 2.29. The predicted octanol–water partition coefficient (Wildman–Crippen LogP) is 4.77. The molecule has 10 heteroatoms. The van der Waals surface area contributed by atoms with Crippen LogP contribution < -0.4 is 0 Å². The summed E-state index contributed by atoms with van der Waals surface area (Å²) in [4.78, 5) is 28.0. The summed E-state index contributed by atoms with van der Waals surface area (Å²) in [6, 6.07) is 10.7. The number of hydrogen-bond donors (Lipinski definition) is 0. The first-order chi connectivity index (χ1) is 14.2. The fraction of sp³-hybridized carbons (Fsp3) is 0.200. The molecule has 2 aromatic carbocycles. The van der Waals surface area contributed by atoms with Crippen molar-refractivity contribution < 1.29 is 32.0 Å². The van der Waals surface area contributed by atoms with Crippen LogP contribution in [0.5, 0.6) is 0 Å². The zero-order chi connectivity index (χ0) is 21.7. The SMILES string of the molecule is O=C(CCc1nc(-c2ccc(Cl)cc2)no1)OCC(=O)c1cccc(C(F)(F)F)c1. The van der Waals surface area contributed by atoms with E-state index < -0.39 is 30.1 Å². The van der Waals surface area contributed by atoms with Crippen LogP contribution in [0.15, 0.2) is 53.1 Å². The third-order valence-corrected chi connectivity index (χ3v) is 4.24. The molecular weight excluding hydrogens is 425 g/mol. The summed E-state index contributed by atoms with van der Waals surface area (Å²) in [7, 11) is 0. The molecule has 0 amide bonds. The molecule has 3 rings (SSSR count). The summed E-state index contributed by atoms with van der Waals surface area (Å²) in [5.74, 6) is -0.935. The molecule has 1 heterocycles. The number of rotatable bonds is 7. The quantitative estimate of drug-likeness (QED) is 0.390. The van der Waals surface area contributed by atoms with Gasteiger partial charge < -0.3 is 9.26 Å². The number of ketones is 1. The molecule has 0 bridgehead atoms. The minimum Gasteiger partial charge on any atom is -0.457 e. The van der Waals surface area contributed by atoms with E-state index in [0.29, 0.717) is 22.5 Å². The molecule has 3 aromatic rings. The van der Waals surface area contributed by atoms with Gasteiger partial charge in [0.25, 0.3) is 0 Å². The second-order valence-corrected chi connectivity index (χ2v) is 6.62. The Labute approximate surface area is 173 Å². The normalized spacial score (nSPS) is 11.3. The number of halogens is 4. The summed E-state index contributed by atoms with van der Waals surface area (Å²) in [5, 5.41) is 4.37. The standard InChI is InChI=1S/C20H14ClF3N2O4/c21-15-6-4-12(5-7-15)19-25-17(30-26-19)8-9-18(28)29-11-16(27)13-2-1-3-14(10-13)20(22,23)24/h1-7,10H,8-9,11H2. The van der Waals surface area contributed by atoms with Crippen molar-refractivity contribution in [2.45, 2.75) is 19.0 Å². The van der Waals surface area contributed by atoms with Gasteiger partial charge in [-0.15, -0.1) is 0 Å². The first-order valence-corrected chi connectivity index (χ1v) is 9.05. The fourth-order valence-electron chi connectivity index (χ4n) is 2.45.